The van der Waals surface area contributed by atoms with Gasteiger partial charge in [-0.05, 0) is 6.07 Å². The van der Waals surface area contributed by atoms with Gasteiger partial charge in [0.1, 0.15) is 29.8 Å². The maximum Gasteiger partial charge on any atom is 0.226 e. The molecule has 142 valence electrons. The maximum absolute atomic E-state index is 10.7. The van der Waals surface area contributed by atoms with Crippen molar-refractivity contribution in [2.75, 3.05) is 20.3 Å². The molecule has 0 aliphatic carbocycles. The van der Waals surface area contributed by atoms with E-state index in [1.54, 1.807) is 13.3 Å². The highest BCUT2D eigenvalue weighted by Gasteiger charge is 2.61. The van der Waals surface area contributed by atoms with Gasteiger partial charge in [0.2, 0.25) is 5.88 Å². The summed E-state index contributed by atoms with van der Waals surface area (Å²) in [6.07, 6.45) is 3.25. The molecule has 1 spiro atoms. The molecule has 2 fully saturated rings. The first-order valence-corrected chi connectivity index (χ1v) is 8.67. The Balaban J connectivity index is 1.73. The van der Waals surface area contributed by atoms with Crippen molar-refractivity contribution < 1.29 is 24.4 Å². The number of fused-ring (bicyclic) bond motifs is 1. The van der Waals surface area contributed by atoms with Crippen LogP contribution in [0.15, 0.2) is 24.8 Å². The van der Waals surface area contributed by atoms with Crippen molar-refractivity contribution in [2.24, 2.45) is 0 Å². The lowest BCUT2D eigenvalue weighted by Gasteiger charge is -2.44. The molecule has 4 atom stereocenters. The summed E-state index contributed by atoms with van der Waals surface area (Å²) in [5.41, 5.74) is 1.23. The van der Waals surface area contributed by atoms with Gasteiger partial charge in [0, 0.05) is 24.4 Å². The summed E-state index contributed by atoms with van der Waals surface area (Å²) in [5.74, 6) is 0.421. The minimum Gasteiger partial charge on any atom is -0.480 e. The number of hydrogen-bond donors (Lipinski definition) is 3. The summed E-state index contributed by atoms with van der Waals surface area (Å²) in [6, 6.07) is 1.84. The van der Waals surface area contributed by atoms with Crippen LogP contribution >= 0.6 is 0 Å². The fraction of sp³-hybridized carbons (Fsp3) is 0.471. The number of H-pyrrole nitrogens is 1. The zero-order valence-corrected chi connectivity index (χ0v) is 14.6. The number of nitrogens with one attached hydrogen (secondary N) is 1. The lowest BCUT2D eigenvalue weighted by Crippen LogP contribution is -2.56. The van der Waals surface area contributed by atoms with Crippen molar-refractivity contribution in [2.45, 2.75) is 30.5 Å². The first-order chi connectivity index (χ1) is 13.2. The Hall–Kier alpha value is -2.53. The molecule has 0 saturated carbocycles. The first-order valence-electron chi connectivity index (χ1n) is 8.67. The van der Waals surface area contributed by atoms with E-state index in [1.165, 1.54) is 6.33 Å². The average molecular weight is 373 g/mol. The highest BCUT2D eigenvalue weighted by molar-refractivity contribution is 5.96. The Morgan fingerprint density at radius 1 is 1.44 bits per heavy atom. The molecule has 3 N–H and O–H groups in total. The molecule has 3 aromatic heterocycles. The number of hydrogen-bond acceptors (Lipinski definition) is 8. The molecule has 10 heteroatoms. The summed E-state index contributed by atoms with van der Waals surface area (Å²) in [5, 5.41) is 27.9. The van der Waals surface area contributed by atoms with Crippen molar-refractivity contribution in [3.8, 4) is 17.1 Å². The summed E-state index contributed by atoms with van der Waals surface area (Å²) < 4.78 is 19.0. The van der Waals surface area contributed by atoms with Crippen molar-refractivity contribution in [3.63, 3.8) is 0 Å². The smallest absolute Gasteiger partial charge is 0.226 e. The number of aromatic amines is 1. The van der Waals surface area contributed by atoms with E-state index in [0.717, 1.165) is 11.3 Å². The molecular formula is C17H19N5O5. The van der Waals surface area contributed by atoms with E-state index in [4.69, 9.17) is 14.2 Å². The second-order valence-electron chi connectivity index (χ2n) is 6.71. The summed E-state index contributed by atoms with van der Waals surface area (Å²) in [6.45, 7) is 0.230. The number of methoxy groups -OCH3 is 1. The van der Waals surface area contributed by atoms with Crippen LogP contribution in [-0.2, 0) is 9.47 Å². The van der Waals surface area contributed by atoms with Gasteiger partial charge in [0.25, 0.3) is 0 Å². The second-order valence-corrected chi connectivity index (χ2v) is 6.71. The Kier molecular flexibility index (Phi) is 3.69. The quantitative estimate of drug-likeness (QED) is 0.593. The Morgan fingerprint density at radius 3 is 2.93 bits per heavy atom. The molecule has 3 aromatic rings. The van der Waals surface area contributed by atoms with E-state index in [9.17, 15) is 10.2 Å². The highest BCUT2D eigenvalue weighted by Crippen LogP contribution is 2.50. The first kappa shape index (κ1) is 16.6. The molecule has 0 bridgehead atoms. The Labute approximate surface area is 153 Å². The van der Waals surface area contributed by atoms with Crippen LogP contribution in [0.5, 0.6) is 5.88 Å². The van der Waals surface area contributed by atoms with Crippen LogP contribution in [0, 0.1) is 0 Å². The molecule has 2 aliphatic heterocycles. The third-order valence-corrected chi connectivity index (χ3v) is 5.43. The summed E-state index contributed by atoms with van der Waals surface area (Å²) >= 11 is 0. The van der Waals surface area contributed by atoms with Crippen molar-refractivity contribution in [1.82, 2.24) is 24.7 Å². The van der Waals surface area contributed by atoms with E-state index < -0.39 is 24.0 Å². The van der Waals surface area contributed by atoms with Crippen LogP contribution in [0.1, 0.15) is 12.6 Å². The van der Waals surface area contributed by atoms with E-state index in [1.807, 2.05) is 16.8 Å². The monoisotopic (exact) mass is 373 g/mol. The number of ether oxygens (including phenoxy) is 3. The van der Waals surface area contributed by atoms with Crippen LogP contribution in [-0.4, -0.2) is 73.1 Å². The number of rotatable bonds is 4. The van der Waals surface area contributed by atoms with E-state index in [2.05, 4.69) is 20.2 Å². The van der Waals surface area contributed by atoms with Crippen LogP contribution in [0.2, 0.25) is 0 Å². The molecule has 5 heterocycles. The molecule has 10 nitrogen and oxygen atoms in total. The predicted molar refractivity (Wildman–Crippen MR) is 92.0 cm³/mol. The molecule has 0 aromatic carbocycles. The topological polar surface area (TPSA) is 128 Å². The van der Waals surface area contributed by atoms with Gasteiger partial charge in [-0.3, -0.25) is 5.10 Å². The van der Waals surface area contributed by atoms with Gasteiger partial charge in [-0.25, -0.2) is 9.97 Å². The van der Waals surface area contributed by atoms with Gasteiger partial charge in [-0.15, -0.1) is 0 Å². The molecule has 5 rings (SSSR count). The van der Waals surface area contributed by atoms with Gasteiger partial charge in [0.15, 0.2) is 6.23 Å². The van der Waals surface area contributed by atoms with Crippen LogP contribution in [0.25, 0.3) is 22.3 Å². The second kappa shape index (κ2) is 5.99. The minimum atomic E-state index is -0.932. The average Bonchev–Trinajstić information content (AvgIpc) is 3.35. The molecular weight excluding hydrogens is 354 g/mol. The third kappa shape index (κ3) is 2.18. The molecule has 2 saturated heterocycles. The van der Waals surface area contributed by atoms with E-state index in [0.29, 0.717) is 29.9 Å². The van der Waals surface area contributed by atoms with Gasteiger partial charge >= 0.3 is 0 Å². The highest BCUT2D eigenvalue weighted by atomic mass is 16.6. The third-order valence-electron chi connectivity index (χ3n) is 5.43. The van der Waals surface area contributed by atoms with Gasteiger partial charge in [0.05, 0.1) is 31.4 Å². The van der Waals surface area contributed by atoms with Crippen LogP contribution in [0.4, 0.5) is 0 Å². The maximum atomic E-state index is 10.7. The molecule has 27 heavy (non-hydrogen) atoms. The van der Waals surface area contributed by atoms with E-state index in [-0.39, 0.29) is 6.61 Å². The standard InChI is InChI=1S/C17H19N5O5/c1-25-15-12-9(10-2-4-20-21-10)6-22(14(12)18-8-19-15)16-17(3-5-26-17)13(24)11(7-23)27-16/h2,4,6,8,11,13,16,23-24H,3,5,7H2,1H3,(H,20,21)/t11-,13-,16-,17-/m1/s1. The summed E-state index contributed by atoms with van der Waals surface area (Å²) in [7, 11) is 1.55. The SMILES string of the molecule is COc1ncnc2c1c(-c1ccn[nH]1)cn2[C@@H]1O[C@H](CO)[C@@H](O)[C@]12CCO2. The van der Waals surface area contributed by atoms with Crippen molar-refractivity contribution in [3.05, 3.63) is 24.8 Å². The fourth-order valence-corrected chi connectivity index (χ4v) is 4.03. The molecule has 0 unspecified atom stereocenters. The zero-order valence-electron chi connectivity index (χ0n) is 14.6. The largest absolute Gasteiger partial charge is 0.480 e. The van der Waals surface area contributed by atoms with E-state index >= 15 is 0 Å². The van der Waals surface area contributed by atoms with Crippen molar-refractivity contribution >= 4 is 11.0 Å². The van der Waals surface area contributed by atoms with Gasteiger partial charge < -0.3 is 29.0 Å². The van der Waals surface area contributed by atoms with Crippen LogP contribution in [0.3, 0.4) is 0 Å². The molecule has 0 radical (unpaired) electrons. The normalized spacial score (nSPS) is 30.1. The minimum absolute atomic E-state index is 0.298. The van der Waals surface area contributed by atoms with Crippen molar-refractivity contribution in [1.29, 1.82) is 0 Å². The van der Waals surface area contributed by atoms with Crippen LogP contribution < -0.4 is 4.74 Å². The van der Waals surface area contributed by atoms with Gasteiger partial charge in [-0.1, -0.05) is 0 Å². The summed E-state index contributed by atoms with van der Waals surface area (Å²) in [4.78, 5) is 8.63. The predicted octanol–water partition coefficient (Wildman–Crippen LogP) is 0.240. The Morgan fingerprint density at radius 2 is 2.30 bits per heavy atom. The number of aromatic nitrogens is 5. The molecule has 0 amide bonds. The van der Waals surface area contributed by atoms with Gasteiger partial charge in [-0.2, -0.15) is 5.10 Å². The number of nitrogens with zero attached hydrogens (tertiary/aromatic N) is 4. The fourth-order valence-electron chi connectivity index (χ4n) is 4.03. The lowest BCUT2D eigenvalue weighted by atomic mass is 9.86. The lowest BCUT2D eigenvalue weighted by molar-refractivity contribution is -0.225. The molecule has 2 aliphatic rings. The number of aliphatic hydroxyl groups is 2. The number of aliphatic hydroxyl groups excluding tert-OH is 2. The Bertz CT molecular complexity index is 968. The zero-order chi connectivity index (χ0) is 18.6.